The van der Waals surface area contributed by atoms with Crippen LogP contribution in [0.2, 0.25) is 0 Å². The molecule has 1 aromatic heterocycles. The maximum Gasteiger partial charge on any atom is 0.269 e. The van der Waals surface area contributed by atoms with Crippen molar-refractivity contribution in [2.75, 3.05) is 0 Å². The molecule has 0 aliphatic heterocycles. The highest BCUT2D eigenvalue weighted by atomic mass is 32.1. The van der Waals surface area contributed by atoms with Crippen molar-refractivity contribution in [1.82, 2.24) is 4.57 Å². The molecule has 6 heteroatoms. The minimum Gasteiger partial charge on any atom is -0.319 e. The first-order valence-electron chi connectivity index (χ1n) is 8.78. The van der Waals surface area contributed by atoms with Crippen molar-refractivity contribution in [1.29, 1.82) is 0 Å². The smallest absolute Gasteiger partial charge is 0.269 e. The van der Waals surface area contributed by atoms with Crippen molar-refractivity contribution < 1.29 is 4.92 Å². The minimum atomic E-state index is -0.385. The van der Waals surface area contributed by atoms with Crippen LogP contribution in [0.1, 0.15) is 5.56 Å². The highest BCUT2D eigenvalue weighted by molar-refractivity contribution is 7.12. The molecule has 0 spiro atoms. The van der Waals surface area contributed by atoms with Crippen molar-refractivity contribution in [3.63, 3.8) is 0 Å². The summed E-state index contributed by atoms with van der Waals surface area (Å²) in [7, 11) is 0. The summed E-state index contributed by atoms with van der Waals surface area (Å²) in [5, 5.41) is 10.9. The predicted molar refractivity (Wildman–Crippen MR) is 112 cm³/mol. The molecule has 28 heavy (non-hydrogen) atoms. The zero-order chi connectivity index (χ0) is 19.3. The summed E-state index contributed by atoms with van der Waals surface area (Å²) in [5.74, 6) is 0. The Morgan fingerprint density at radius 1 is 0.893 bits per heavy atom. The first kappa shape index (κ1) is 17.9. The molecule has 0 bridgehead atoms. The van der Waals surface area contributed by atoms with E-state index in [4.69, 9.17) is 4.99 Å². The van der Waals surface area contributed by atoms with Crippen molar-refractivity contribution in [2.24, 2.45) is 4.99 Å². The fourth-order valence-corrected chi connectivity index (χ4v) is 3.87. The molecule has 138 valence electrons. The lowest BCUT2D eigenvalue weighted by Crippen LogP contribution is -2.14. The van der Waals surface area contributed by atoms with Gasteiger partial charge in [0.2, 0.25) is 0 Å². The van der Waals surface area contributed by atoms with Gasteiger partial charge >= 0.3 is 0 Å². The van der Waals surface area contributed by atoms with Crippen LogP contribution in [0.5, 0.6) is 0 Å². The van der Waals surface area contributed by atoms with Crippen LogP contribution in [-0.2, 0) is 6.54 Å². The summed E-state index contributed by atoms with van der Waals surface area (Å²) in [6.07, 6.45) is 2.06. The van der Waals surface area contributed by atoms with Gasteiger partial charge in [0.25, 0.3) is 5.69 Å². The molecular formula is C22H17N3O2S. The van der Waals surface area contributed by atoms with Crippen LogP contribution in [0.25, 0.3) is 10.4 Å². The Morgan fingerprint density at radius 3 is 2.18 bits per heavy atom. The molecule has 0 saturated carbocycles. The van der Waals surface area contributed by atoms with Gasteiger partial charge in [0, 0.05) is 24.9 Å². The van der Waals surface area contributed by atoms with Gasteiger partial charge in [-0.3, -0.25) is 10.1 Å². The molecule has 4 rings (SSSR count). The Morgan fingerprint density at radius 2 is 1.54 bits per heavy atom. The number of thiazole rings is 1. The largest absolute Gasteiger partial charge is 0.319 e. The fraction of sp³-hybridized carbons (Fsp3) is 0.0455. The van der Waals surface area contributed by atoms with Gasteiger partial charge in [-0.25, -0.2) is 4.99 Å². The minimum absolute atomic E-state index is 0.0895. The summed E-state index contributed by atoms with van der Waals surface area (Å²) in [6, 6.07) is 26.7. The number of non-ortho nitro benzene ring substituents is 1. The Kier molecular flexibility index (Phi) is 5.12. The second-order valence-electron chi connectivity index (χ2n) is 6.24. The number of hydrogen-bond donors (Lipinski definition) is 0. The van der Waals surface area contributed by atoms with Crippen LogP contribution in [0.3, 0.4) is 0 Å². The predicted octanol–water partition coefficient (Wildman–Crippen LogP) is 5.41. The van der Waals surface area contributed by atoms with E-state index >= 15 is 0 Å². The normalized spacial score (nSPS) is 11.5. The van der Waals surface area contributed by atoms with Gasteiger partial charge < -0.3 is 4.57 Å². The zero-order valence-electron chi connectivity index (χ0n) is 14.9. The monoisotopic (exact) mass is 387 g/mol. The van der Waals surface area contributed by atoms with Crippen LogP contribution in [-0.4, -0.2) is 9.49 Å². The van der Waals surface area contributed by atoms with E-state index < -0.39 is 0 Å². The lowest BCUT2D eigenvalue weighted by Gasteiger charge is -2.03. The van der Waals surface area contributed by atoms with E-state index in [1.165, 1.54) is 17.7 Å². The van der Waals surface area contributed by atoms with Crippen LogP contribution in [0.15, 0.2) is 96.1 Å². The summed E-state index contributed by atoms with van der Waals surface area (Å²) >= 11 is 1.57. The van der Waals surface area contributed by atoms with Crippen LogP contribution in [0.4, 0.5) is 11.4 Å². The van der Waals surface area contributed by atoms with Crippen LogP contribution < -0.4 is 4.80 Å². The number of rotatable bonds is 5. The molecule has 0 amide bonds. The topological polar surface area (TPSA) is 60.4 Å². The second kappa shape index (κ2) is 8.02. The third-order valence-corrected chi connectivity index (χ3v) is 5.33. The maximum absolute atomic E-state index is 10.9. The molecule has 0 N–H and O–H groups in total. The third kappa shape index (κ3) is 4.07. The van der Waals surface area contributed by atoms with E-state index in [1.54, 1.807) is 23.5 Å². The number of nitro benzene ring substituents is 1. The first-order chi connectivity index (χ1) is 13.7. The van der Waals surface area contributed by atoms with Gasteiger partial charge in [-0.05, 0) is 35.4 Å². The summed E-state index contributed by atoms with van der Waals surface area (Å²) in [6.45, 7) is 0.704. The highest BCUT2D eigenvalue weighted by Crippen LogP contribution is 2.25. The second-order valence-corrected chi connectivity index (χ2v) is 7.25. The Balaban J connectivity index is 1.77. The molecule has 4 aromatic rings. The number of nitrogens with zero attached hydrogens (tertiary/aromatic N) is 3. The Labute approximate surface area is 166 Å². The van der Waals surface area contributed by atoms with Crippen molar-refractivity contribution in [2.45, 2.75) is 6.54 Å². The maximum atomic E-state index is 10.9. The van der Waals surface area contributed by atoms with Gasteiger partial charge in [0.05, 0.1) is 15.5 Å². The molecule has 1 heterocycles. The van der Waals surface area contributed by atoms with Gasteiger partial charge in [-0.15, -0.1) is 0 Å². The number of nitro groups is 1. The third-order valence-electron chi connectivity index (χ3n) is 4.26. The molecule has 0 atom stereocenters. The van der Waals surface area contributed by atoms with Crippen LogP contribution in [0, 0.1) is 10.1 Å². The van der Waals surface area contributed by atoms with Crippen molar-refractivity contribution in [3.8, 4) is 10.4 Å². The molecule has 0 aliphatic rings. The average molecular weight is 387 g/mol. The standard InChI is InChI=1S/C22H17N3O2S/c26-25(27)20-13-11-18(12-14-20)21-16-24(15-17-7-3-1-4-8-17)22(28-21)23-19-9-5-2-6-10-19/h1-14,16H,15H2/b23-22+. The summed E-state index contributed by atoms with van der Waals surface area (Å²) < 4.78 is 2.11. The van der Waals surface area contributed by atoms with Crippen LogP contribution >= 0.6 is 11.3 Å². The molecule has 5 nitrogen and oxygen atoms in total. The molecule has 0 saturated heterocycles. The van der Waals surface area contributed by atoms with E-state index in [0.717, 1.165) is 20.9 Å². The molecule has 0 unspecified atom stereocenters. The van der Waals surface area contributed by atoms with Gasteiger partial charge in [0.15, 0.2) is 4.80 Å². The highest BCUT2D eigenvalue weighted by Gasteiger charge is 2.09. The van der Waals surface area contributed by atoms with Gasteiger partial charge in [0.1, 0.15) is 0 Å². The number of benzene rings is 3. The Hall–Kier alpha value is -3.51. The number of para-hydroxylation sites is 1. The molecule has 0 fully saturated rings. The van der Waals surface area contributed by atoms with E-state index in [1.807, 2.05) is 48.5 Å². The lowest BCUT2D eigenvalue weighted by molar-refractivity contribution is -0.384. The van der Waals surface area contributed by atoms with E-state index in [0.29, 0.717) is 6.54 Å². The number of hydrogen-bond acceptors (Lipinski definition) is 4. The SMILES string of the molecule is O=[N+]([O-])c1ccc(-c2cn(Cc3ccccc3)/c(=N\c3ccccc3)s2)cc1. The average Bonchev–Trinajstić information content (AvgIpc) is 3.12. The number of aromatic nitrogens is 1. The summed E-state index contributed by atoms with van der Waals surface area (Å²) in [5.41, 5.74) is 3.10. The molecular weight excluding hydrogens is 370 g/mol. The van der Waals surface area contributed by atoms with E-state index in [9.17, 15) is 10.1 Å². The molecule has 0 radical (unpaired) electrons. The fourth-order valence-electron chi connectivity index (χ4n) is 2.85. The van der Waals surface area contributed by atoms with E-state index in [-0.39, 0.29) is 10.6 Å². The van der Waals surface area contributed by atoms with Gasteiger partial charge in [-0.2, -0.15) is 0 Å². The zero-order valence-corrected chi connectivity index (χ0v) is 15.8. The molecule has 3 aromatic carbocycles. The quantitative estimate of drug-likeness (QED) is 0.340. The lowest BCUT2D eigenvalue weighted by atomic mass is 10.2. The van der Waals surface area contributed by atoms with Crippen molar-refractivity contribution >= 4 is 22.7 Å². The molecule has 0 aliphatic carbocycles. The van der Waals surface area contributed by atoms with Gasteiger partial charge in [-0.1, -0.05) is 59.9 Å². The van der Waals surface area contributed by atoms with Crippen molar-refractivity contribution in [3.05, 3.63) is 112 Å². The Bertz CT molecular complexity index is 1150. The first-order valence-corrected chi connectivity index (χ1v) is 9.59. The van der Waals surface area contributed by atoms with E-state index in [2.05, 4.69) is 22.9 Å². The summed E-state index contributed by atoms with van der Waals surface area (Å²) in [4.78, 5) is 17.2.